The first-order chi connectivity index (χ1) is 18.2. The molecule has 0 aliphatic carbocycles. The molecule has 204 valence electrons. The number of carboxylic acids is 1. The van der Waals surface area contributed by atoms with E-state index in [-0.39, 0.29) is 24.9 Å². The molecule has 2 aromatic carbocycles. The number of urea groups is 2. The molecule has 11 nitrogen and oxygen atoms in total. The van der Waals surface area contributed by atoms with Crippen molar-refractivity contribution in [2.45, 2.75) is 26.7 Å². The van der Waals surface area contributed by atoms with E-state index in [1.54, 1.807) is 28.0 Å². The van der Waals surface area contributed by atoms with E-state index < -0.39 is 17.9 Å². The molecule has 1 unspecified atom stereocenters. The fourth-order valence-corrected chi connectivity index (χ4v) is 4.03. The van der Waals surface area contributed by atoms with Crippen LogP contribution < -0.4 is 20.7 Å². The Labute approximate surface area is 222 Å². The van der Waals surface area contributed by atoms with E-state index in [9.17, 15) is 19.2 Å². The van der Waals surface area contributed by atoms with Crippen LogP contribution in [0.4, 0.5) is 21.0 Å². The molecule has 5 amide bonds. The summed E-state index contributed by atoms with van der Waals surface area (Å²) in [5, 5.41) is 17.2. The Morgan fingerprint density at radius 2 is 1.66 bits per heavy atom. The van der Waals surface area contributed by atoms with Gasteiger partial charge >= 0.3 is 18.0 Å². The van der Waals surface area contributed by atoms with E-state index in [2.05, 4.69) is 16.0 Å². The number of nitrogens with zero attached hydrogens (tertiary/aromatic N) is 2. The number of carbonyl (C=O) groups excluding carboxylic acids is 3. The van der Waals surface area contributed by atoms with Gasteiger partial charge in [-0.2, -0.15) is 0 Å². The number of hydrogen-bond acceptors (Lipinski definition) is 5. The Morgan fingerprint density at radius 1 is 0.974 bits per heavy atom. The number of aryl methyl sites for hydroxylation is 1. The fourth-order valence-electron chi connectivity index (χ4n) is 4.03. The number of amides is 5. The van der Waals surface area contributed by atoms with E-state index in [1.165, 1.54) is 14.0 Å². The van der Waals surface area contributed by atoms with Crippen LogP contribution in [0.2, 0.25) is 0 Å². The molecule has 0 spiro atoms. The Kier molecular flexibility index (Phi) is 9.92. The zero-order valence-corrected chi connectivity index (χ0v) is 22.0. The van der Waals surface area contributed by atoms with Crippen molar-refractivity contribution in [3.63, 3.8) is 0 Å². The van der Waals surface area contributed by atoms with Gasteiger partial charge < -0.3 is 35.6 Å². The number of carboxylic acid groups (broad SMARTS) is 1. The van der Waals surface area contributed by atoms with Gasteiger partial charge in [-0.05, 0) is 42.7 Å². The lowest BCUT2D eigenvalue weighted by molar-refractivity contribution is -0.140. The van der Waals surface area contributed by atoms with Crippen molar-refractivity contribution < 1.29 is 29.0 Å². The van der Waals surface area contributed by atoms with Crippen LogP contribution in [0.3, 0.4) is 0 Å². The van der Waals surface area contributed by atoms with Gasteiger partial charge in [-0.3, -0.25) is 9.59 Å². The van der Waals surface area contributed by atoms with Crippen molar-refractivity contribution in [2.75, 3.05) is 50.5 Å². The zero-order valence-electron chi connectivity index (χ0n) is 22.0. The lowest BCUT2D eigenvalue weighted by Gasteiger charge is -2.23. The topological polar surface area (TPSA) is 140 Å². The van der Waals surface area contributed by atoms with Crippen molar-refractivity contribution in [3.05, 3.63) is 53.6 Å². The second kappa shape index (κ2) is 13.3. The van der Waals surface area contributed by atoms with Gasteiger partial charge in [-0.25, -0.2) is 9.59 Å². The standard InChI is InChI=1S/C27H35N5O6/c1-18-7-4-5-8-21(18)29-26(36)30-22-10-9-20(15-23(22)38-3)16-24(33)31-11-6-12-32(14-13-31)27(37)28-17-19(2)25(34)35/h4-5,7-10,15,19H,6,11-14,16-17H2,1-3H3,(H,28,37)(H,34,35)(H2,29,30,36). The summed E-state index contributed by atoms with van der Waals surface area (Å²) in [5.41, 5.74) is 2.85. The first-order valence-corrected chi connectivity index (χ1v) is 12.5. The molecule has 0 saturated carbocycles. The summed E-state index contributed by atoms with van der Waals surface area (Å²) >= 11 is 0. The summed E-state index contributed by atoms with van der Waals surface area (Å²) in [5.74, 6) is -1.29. The summed E-state index contributed by atoms with van der Waals surface area (Å²) in [7, 11) is 1.50. The number of ether oxygens (including phenoxy) is 1. The molecule has 11 heteroatoms. The van der Waals surface area contributed by atoms with Crippen molar-refractivity contribution >= 4 is 35.3 Å². The molecule has 0 aromatic heterocycles. The molecule has 38 heavy (non-hydrogen) atoms. The lowest BCUT2D eigenvalue weighted by atomic mass is 10.1. The minimum Gasteiger partial charge on any atom is -0.495 e. The molecule has 0 radical (unpaired) electrons. The third-order valence-corrected chi connectivity index (χ3v) is 6.38. The van der Waals surface area contributed by atoms with Crippen LogP contribution in [0.1, 0.15) is 24.5 Å². The van der Waals surface area contributed by atoms with Gasteiger partial charge in [0.15, 0.2) is 0 Å². The number of hydrogen-bond donors (Lipinski definition) is 4. The number of methoxy groups -OCH3 is 1. The Hall–Kier alpha value is -4.28. The van der Waals surface area contributed by atoms with Crippen LogP contribution >= 0.6 is 0 Å². The number of nitrogens with one attached hydrogen (secondary N) is 3. The summed E-state index contributed by atoms with van der Waals surface area (Å²) in [6, 6.07) is 11.9. The van der Waals surface area contributed by atoms with Crippen molar-refractivity contribution in [2.24, 2.45) is 5.92 Å². The number of aliphatic carboxylic acids is 1. The number of carbonyl (C=O) groups is 4. The average Bonchev–Trinajstić information content (AvgIpc) is 3.16. The minimum absolute atomic E-state index is 0.0492. The molecule has 1 atom stereocenters. The second-order valence-corrected chi connectivity index (χ2v) is 9.25. The van der Waals surface area contributed by atoms with Crippen LogP contribution in [0, 0.1) is 12.8 Å². The number of rotatable bonds is 8. The molecule has 1 fully saturated rings. The third kappa shape index (κ3) is 7.86. The van der Waals surface area contributed by atoms with Crippen LogP contribution in [-0.4, -0.2) is 78.7 Å². The highest BCUT2D eigenvalue weighted by atomic mass is 16.5. The highest BCUT2D eigenvalue weighted by molar-refractivity contribution is 6.01. The average molecular weight is 526 g/mol. The van der Waals surface area contributed by atoms with Gasteiger partial charge in [0.1, 0.15) is 5.75 Å². The molecule has 0 bridgehead atoms. The van der Waals surface area contributed by atoms with Gasteiger partial charge in [-0.1, -0.05) is 31.2 Å². The highest BCUT2D eigenvalue weighted by Gasteiger charge is 2.23. The minimum atomic E-state index is -0.969. The van der Waals surface area contributed by atoms with Gasteiger partial charge in [0.05, 0.1) is 25.1 Å². The van der Waals surface area contributed by atoms with Crippen molar-refractivity contribution in [3.8, 4) is 5.75 Å². The molecular weight excluding hydrogens is 490 g/mol. The Bertz CT molecular complexity index is 1170. The van der Waals surface area contributed by atoms with Crippen LogP contribution in [0.15, 0.2) is 42.5 Å². The first-order valence-electron chi connectivity index (χ1n) is 12.5. The molecule has 1 saturated heterocycles. The number of benzene rings is 2. The van der Waals surface area contributed by atoms with E-state index in [4.69, 9.17) is 9.84 Å². The highest BCUT2D eigenvalue weighted by Crippen LogP contribution is 2.26. The lowest BCUT2D eigenvalue weighted by Crippen LogP contribution is -2.44. The van der Waals surface area contributed by atoms with Crippen molar-refractivity contribution in [1.82, 2.24) is 15.1 Å². The fraction of sp³-hybridized carbons (Fsp3) is 0.407. The van der Waals surface area contributed by atoms with Gasteiger partial charge in [0.25, 0.3) is 0 Å². The third-order valence-electron chi connectivity index (χ3n) is 6.38. The predicted molar refractivity (Wildman–Crippen MR) is 143 cm³/mol. The van der Waals surface area contributed by atoms with E-state index >= 15 is 0 Å². The Morgan fingerprint density at radius 3 is 2.37 bits per heavy atom. The van der Waals surface area contributed by atoms with E-state index in [0.29, 0.717) is 49.7 Å². The molecule has 3 rings (SSSR count). The normalized spacial score (nSPS) is 14.2. The molecule has 4 N–H and O–H groups in total. The van der Waals surface area contributed by atoms with E-state index in [1.807, 2.05) is 31.2 Å². The van der Waals surface area contributed by atoms with Crippen molar-refractivity contribution in [1.29, 1.82) is 0 Å². The molecular formula is C27H35N5O6. The summed E-state index contributed by atoms with van der Waals surface area (Å²) in [6.45, 7) is 5.23. The van der Waals surface area contributed by atoms with Crippen LogP contribution in [0.5, 0.6) is 5.75 Å². The van der Waals surface area contributed by atoms with E-state index in [0.717, 1.165) is 11.1 Å². The Balaban J connectivity index is 1.54. The first kappa shape index (κ1) is 28.3. The summed E-state index contributed by atoms with van der Waals surface area (Å²) in [6.07, 6.45) is 0.768. The maximum absolute atomic E-state index is 13.0. The summed E-state index contributed by atoms with van der Waals surface area (Å²) in [4.78, 5) is 52.2. The summed E-state index contributed by atoms with van der Waals surface area (Å²) < 4.78 is 5.45. The molecule has 1 aliphatic rings. The SMILES string of the molecule is COc1cc(CC(=O)N2CCCN(C(=O)NCC(C)C(=O)O)CC2)ccc1NC(=O)Nc1ccccc1C. The second-order valence-electron chi connectivity index (χ2n) is 9.25. The van der Waals surface area contributed by atoms with Gasteiger partial charge in [0, 0.05) is 38.4 Å². The number of para-hydroxylation sites is 1. The molecule has 2 aromatic rings. The largest absolute Gasteiger partial charge is 0.495 e. The molecule has 1 aliphatic heterocycles. The van der Waals surface area contributed by atoms with Gasteiger partial charge in [0.2, 0.25) is 5.91 Å². The monoisotopic (exact) mass is 525 g/mol. The maximum atomic E-state index is 13.0. The maximum Gasteiger partial charge on any atom is 0.323 e. The molecule has 1 heterocycles. The predicted octanol–water partition coefficient (Wildman–Crippen LogP) is 3.15. The smallest absolute Gasteiger partial charge is 0.323 e. The van der Waals surface area contributed by atoms with Crippen LogP contribution in [0.25, 0.3) is 0 Å². The number of anilines is 2. The quantitative estimate of drug-likeness (QED) is 0.417. The van der Waals surface area contributed by atoms with Gasteiger partial charge in [-0.15, -0.1) is 0 Å². The van der Waals surface area contributed by atoms with Crippen LogP contribution in [-0.2, 0) is 16.0 Å². The zero-order chi connectivity index (χ0) is 27.7.